The topological polar surface area (TPSA) is 252 Å². The summed E-state index contributed by atoms with van der Waals surface area (Å²) in [6.07, 6.45) is 4.85. The number of amides is 4. The number of benzene rings is 2. The van der Waals surface area contributed by atoms with Crippen LogP contribution in [0.4, 0.5) is 17.1 Å². The number of anilines is 1. The molecule has 0 saturated heterocycles. The van der Waals surface area contributed by atoms with Gasteiger partial charge in [-0.05, 0) is 54.8 Å². The number of ketones is 2. The molecule has 0 aromatic heterocycles. The molecule has 50 heavy (non-hydrogen) atoms. The van der Waals surface area contributed by atoms with E-state index in [1.165, 1.54) is 0 Å². The number of imide groups is 1. The van der Waals surface area contributed by atoms with Crippen molar-refractivity contribution in [3.8, 4) is 0 Å². The number of carboxylic acids is 1. The Hall–Kier alpha value is -5.70. The lowest BCUT2D eigenvalue weighted by Gasteiger charge is -2.12. The van der Waals surface area contributed by atoms with Gasteiger partial charge in [-0.2, -0.15) is 19.8 Å². The number of azo groups is 1. The minimum atomic E-state index is -1.05. The molecular formula is C33H37ClN6O10. The number of rotatable bonds is 19. The smallest absolute Gasteiger partial charge is 0.373 e. The summed E-state index contributed by atoms with van der Waals surface area (Å²) in [6.45, 7) is -0.448. The number of hydrogen-bond acceptors (Lipinski definition) is 12. The van der Waals surface area contributed by atoms with E-state index in [1.54, 1.807) is 48.5 Å². The second kappa shape index (κ2) is 22.8. The molecule has 2 aromatic carbocycles. The van der Waals surface area contributed by atoms with Gasteiger partial charge in [0.25, 0.3) is 11.8 Å². The quantitative estimate of drug-likeness (QED) is 0.0936. The molecule has 1 aliphatic heterocycles. The first-order valence-electron chi connectivity index (χ1n) is 15.1. The van der Waals surface area contributed by atoms with Gasteiger partial charge in [-0.1, -0.05) is 25.0 Å². The molecule has 0 unspecified atom stereocenters. The van der Waals surface area contributed by atoms with Crippen LogP contribution in [0.2, 0.25) is 0 Å². The van der Waals surface area contributed by atoms with E-state index in [1.807, 2.05) is 0 Å². The fourth-order valence-electron chi connectivity index (χ4n) is 4.25. The first-order valence-corrected chi connectivity index (χ1v) is 15.1. The number of nitrogens with two attached hydrogens (primary N) is 1. The van der Waals surface area contributed by atoms with Crippen LogP contribution in [0.5, 0.6) is 0 Å². The third kappa shape index (κ3) is 16.4. The van der Waals surface area contributed by atoms with E-state index in [4.69, 9.17) is 20.4 Å². The lowest BCUT2D eigenvalue weighted by atomic mass is 10.1. The standard InChI is InChI=1S/C32H36N6O8.CO2.ClH/c33-27(32(45)46)4-2-1-3-5-28(41)34-19-25(39)14-15-29(42)35-22-10-12-24(13-11-22)37-36-23-8-6-21(7-9-23)18-26(40)20-38-30(43)16-17-31(38)44;2-1-3;/h6-13,16-17,27H,1-5,14-15,18-20,33H2,(H,34,41)(H,35,42)(H,45,46);;1H/t27-;;/m0../s1. The van der Waals surface area contributed by atoms with Gasteiger partial charge in [0.2, 0.25) is 11.8 Å². The van der Waals surface area contributed by atoms with Gasteiger partial charge in [-0.25, -0.2) is 0 Å². The summed E-state index contributed by atoms with van der Waals surface area (Å²) < 4.78 is 0. The highest BCUT2D eigenvalue weighted by Gasteiger charge is 2.25. The highest BCUT2D eigenvalue weighted by Crippen LogP contribution is 2.21. The zero-order chi connectivity index (χ0) is 36.2. The van der Waals surface area contributed by atoms with Crippen LogP contribution in [0.25, 0.3) is 0 Å². The van der Waals surface area contributed by atoms with Crippen LogP contribution < -0.4 is 16.4 Å². The van der Waals surface area contributed by atoms with Gasteiger partial charge >= 0.3 is 12.1 Å². The predicted molar refractivity (Wildman–Crippen MR) is 178 cm³/mol. The maximum absolute atomic E-state index is 12.3. The first kappa shape index (κ1) is 42.3. The Kier molecular flexibility index (Phi) is 19.3. The molecule has 5 N–H and O–H groups in total. The van der Waals surface area contributed by atoms with Crippen LogP contribution in [0.3, 0.4) is 0 Å². The molecule has 17 heteroatoms. The third-order valence-electron chi connectivity index (χ3n) is 6.85. The molecule has 0 spiro atoms. The Morgan fingerprint density at radius 3 is 1.90 bits per heavy atom. The number of hydrogen-bond donors (Lipinski definition) is 4. The second-order valence-electron chi connectivity index (χ2n) is 10.7. The zero-order valence-corrected chi connectivity index (χ0v) is 27.7. The molecule has 1 aliphatic rings. The van der Waals surface area contributed by atoms with E-state index in [-0.39, 0.29) is 80.7 Å². The van der Waals surface area contributed by atoms with Gasteiger partial charge in [0, 0.05) is 43.5 Å². The lowest BCUT2D eigenvalue weighted by molar-refractivity contribution is -0.191. The van der Waals surface area contributed by atoms with E-state index in [0.29, 0.717) is 48.3 Å². The number of nitrogens with zero attached hydrogens (tertiary/aromatic N) is 3. The minimum Gasteiger partial charge on any atom is -0.480 e. The number of halogens is 1. The molecule has 0 fully saturated rings. The number of carboxylic acid groups (broad SMARTS) is 1. The molecule has 4 amide bonds. The van der Waals surface area contributed by atoms with Crippen LogP contribution in [0.1, 0.15) is 50.5 Å². The monoisotopic (exact) mass is 712 g/mol. The summed E-state index contributed by atoms with van der Waals surface area (Å²) in [5.74, 6) is -3.25. The molecule has 0 saturated carbocycles. The van der Waals surface area contributed by atoms with Crippen molar-refractivity contribution < 1.29 is 48.3 Å². The number of carbonyl (C=O) groups is 7. The second-order valence-corrected chi connectivity index (χ2v) is 10.7. The molecule has 2 aromatic rings. The van der Waals surface area contributed by atoms with Crippen molar-refractivity contribution in [1.29, 1.82) is 0 Å². The SMILES string of the molecule is Cl.N[C@@H](CCCCCC(=O)NCC(=O)CCC(=O)Nc1ccc(N=Nc2ccc(CC(=O)CN3C(=O)C=CC3=O)cc2)cc1)C(=O)O.O=C=O. The highest BCUT2D eigenvalue weighted by molar-refractivity contribution is 6.14. The van der Waals surface area contributed by atoms with Crippen molar-refractivity contribution in [3.05, 3.63) is 66.2 Å². The average molecular weight is 713 g/mol. The van der Waals surface area contributed by atoms with E-state index in [0.717, 1.165) is 17.1 Å². The van der Waals surface area contributed by atoms with Gasteiger partial charge in [0.05, 0.1) is 24.5 Å². The molecule has 0 aliphatic carbocycles. The van der Waals surface area contributed by atoms with Gasteiger partial charge in [-0.3, -0.25) is 38.5 Å². The Balaban J connectivity index is 0.00000301. The number of aliphatic carboxylic acids is 1. The van der Waals surface area contributed by atoms with E-state index in [2.05, 4.69) is 20.9 Å². The van der Waals surface area contributed by atoms with Crippen LogP contribution in [0.15, 0.2) is 70.9 Å². The fourth-order valence-corrected chi connectivity index (χ4v) is 4.25. The van der Waals surface area contributed by atoms with Gasteiger partial charge in [0.15, 0.2) is 11.6 Å². The number of carbonyl (C=O) groups excluding carboxylic acids is 8. The number of unbranched alkanes of at least 4 members (excludes halogenated alkanes) is 2. The molecule has 1 atom stereocenters. The van der Waals surface area contributed by atoms with Crippen LogP contribution in [-0.2, 0) is 49.6 Å². The van der Waals surface area contributed by atoms with Gasteiger partial charge in [-0.15, -0.1) is 12.4 Å². The Morgan fingerprint density at radius 2 is 1.34 bits per heavy atom. The van der Waals surface area contributed by atoms with Crippen molar-refractivity contribution >= 4 is 76.8 Å². The van der Waals surface area contributed by atoms with Gasteiger partial charge in [0.1, 0.15) is 6.04 Å². The van der Waals surface area contributed by atoms with Crippen molar-refractivity contribution in [2.24, 2.45) is 16.0 Å². The highest BCUT2D eigenvalue weighted by atomic mass is 35.5. The molecule has 0 bridgehead atoms. The van der Waals surface area contributed by atoms with E-state index < -0.39 is 23.8 Å². The molecule has 0 radical (unpaired) electrons. The normalized spacial score (nSPS) is 12.3. The van der Waals surface area contributed by atoms with Crippen molar-refractivity contribution in [1.82, 2.24) is 10.2 Å². The summed E-state index contributed by atoms with van der Waals surface area (Å²) in [5.41, 5.74) is 7.71. The number of Topliss-reactive ketones (excluding diaryl/α,β-unsaturated/α-hetero) is 2. The molecule has 3 rings (SSSR count). The third-order valence-corrected chi connectivity index (χ3v) is 6.85. The molecule has 16 nitrogen and oxygen atoms in total. The molecular weight excluding hydrogens is 676 g/mol. The minimum absolute atomic E-state index is 0. The van der Waals surface area contributed by atoms with Crippen LogP contribution in [0, 0.1) is 0 Å². The van der Waals surface area contributed by atoms with E-state index >= 15 is 0 Å². The summed E-state index contributed by atoms with van der Waals surface area (Å²) in [5, 5.41) is 22.3. The summed E-state index contributed by atoms with van der Waals surface area (Å²) in [7, 11) is 0. The summed E-state index contributed by atoms with van der Waals surface area (Å²) in [4.78, 5) is 99.5. The van der Waals surface area contributed by atoms with Crippen molar-refractivity contribution in [3.63, 3.8) is 0 Å². The fraction of sp³-hybridized carbons (Fsp3) is 0.333. The van der Waals surface area contributed by atoms with Crippen molar-refractivity contribution in [2.75, 3.05) is 18.4 Å². The molecule has 1 heterocycles. The number of nitrogens with one attached hydrogen (secondary N) is 2. The summed E-state index contributed by atoms with van der Waals surface area (Å²) >= 11 is 0. The maximum atomic E-state index is 12.3. The Bertz CT molecular complexity index is 1590. The van der Waals surface area contributed by atoms with Crippen LogP contribution in [-0.4, -0.2) is 76.5 Å². The Morgan fingerprint density at radius 1 is 0.780 bits per heavy atom. The largest absolute Gasteiger partial charge is 0.480 e. The first-order chi connectivity index (χ1) is 23.4. The van der Waals surface area contributed by atoms with Crippen LogP contribution >= 0.6 is 12.4 Å². The maximum Gasteiger partial charge on any atom is 0.373 e. The Labute approximate surface area is 293 Å². The molecule has 266 valence electrons. The zero-order valence-electron chi connectivity index (χ0n) is 26.9. The van der Waals surface area contributed by atoms with Crippen molar-refractivity contribution in [2.45, 2.75) is 57.4 Å². The van der Waals surface area contributed by atoms with E-state index in [9.17, 15) is 33.6 Å². The summed E-state index contributed by atoms with van der Waals surface area (Å²) in [6, 6.07) is 12.5. The van der Waals surface area contributed by atoms with Gasteiger partial charge < -0.3 is 21.5 Å². The average Bonchev–Trinajstić information content (AvgIpc) is 3.38. The predicted octanol–water partition coefficient (Wildman–Crippen LogP) is 2.74. The lowest BCUT2D eigenvalue weighted by Crippen LogP contribution is -2.35.